The second-order valence-corrected chi connectivity index (χ2v) is 9.28. The van der Waals surface area contributed by atoms with Gasteiger partial charge in [-0.2, -0.15) is 0 Å². The molecular formula is C20H28N6O5S. The van der Waals surface area contributed by atoms with Crippen molar-refractivity contribution in [1.29, 1.82) is 0 Å². The Kier molecular flexibility index (Phi) is 7.52. The van der Waals surface area contributed by atoms with Crippen molar-refractivity contribution in [3.05, 3.63) is 58.0 Å². The van der Waals surface area contributed by atoms with Gasteiger partial charge in [-0.05, 0) is 54.8 Å². The molecule has 0 aliphatic carbocycles. The zero-order valence-electron chi connectivity index (χ0n) is 18.3. The summed E-state index contributed by atoms with van der Waals surface area (Å²) in [5, 5.41) is 3.42. The van der Waals surface area contributed by atoms with Gasteiger partial charge >= 0.3 is 0 Å². The topological polar surface area (TPSA) is 185 Å². The minimum absolute atomic E-state index is 0.00713. The number of pyridine rings is 1. The Hall–Kier alpha value is -3.54. The number of benzene rings is 1. The molecule has 0 saturated heterocycles. The van der Waals surface area contributed by atoms with Crippen molar-refractivity contribution in [1.82, 2.24) is 4.57 Å². The second kappa shape index (κ2) is 9.73. The van der Waals surface area contributed by atoms with Crippen LogP contribution in [0, 0.1) is 6.92 Å². The van der Waals surface area contributed by atoms with Crippen molar-refractivity contribution < 1.29 is 18.0 Å². The van der Waals surface area contributed by atoms with Gasteiger partial charge in [-0.25, -0.2) is 8.42 Å². The zero-order chi connectivity index (χ0) is 24.2. The normalized spacial score (nSPS) is 13.3. The molecule has 2 rings (SSSR count). The molecule has 0 aliphatic rings. The van der Waals surface area contributed by atoms with Gasteiger partial charge in [0.1, 0.15) is 5.69 Å². The number of carbonyl (C=O) groups excluding carboxylic acids is 1. The number of primary amides is 1. The Morgan fingerprint density at radius 3 is 2.31 bits per heavy atom. The molecule has 2 aromatic rings. The van der Waals surface area contributed by atoms with Gasteiger partial charge in [-0.15, -0.1) is 0 Å². The van der Waals surface area contributed by atoms with E-state index in [-0.39, 0.29) is 22.5 Å². The summed E-state index contributed by atoms with van der Waals surface area (Å²) in [6.45, 7) is 6.82. The number of hydrogen-bond acceptors (Lipinski definition) is 6. The number of nitrogens with one attached hydrogen (secondary N) is 1. The van der Waals surface area contributed by atoms with Crippen LogP contribution in [-0.4, -0.2) is 31.0 Å². The van der Waals surface area contributed by atoms with E-state index in [9.17, 15) is 18.0 Å². The van der Waals surface area contributed by atoms with E-state index in [0.29, 0.717) is 5.69 Å². The van der Waals surface area contributed by atoms with Gasteiger partial charge in [0.05, 0.1) is 4.90 Å². The highest BCUT2D eigenvalue weighted by atomic mass is 32.2. The first kappa shape index (κ1) is 24.7. The number of rotatable bonds is 9. The molecule has 174 valence electrons. The van der Waals surface area contributed by atoms with Crippen molar-refractivity contribution in [2.45, 2.75) is 50.7 Å². The molecule has 2 unspecified atom stereocenters. The Labute approximate surface area is 186 Å². The van der Waals surface area contributed by atoms with E-state index in [1.807, 2.05) is 13.8 Å². The summed E-state index contributed by atoms with van der Waals surface area (Å²) < 4.78 is 29.1. The van der Waals surface area contributed by atoms with Gasteiger partial charge in [0.25, 0.3) is 15.6 Å². The predicted octanol–water partition coefficient (Wildman–Crippen LogP) is 0.701. The fraction of sp³-hybridized carbons (Fsp3) is 0.350. The van der Waals surface area contributed by atoms with E-state index in [1.54, 1.807) is 25.1 Å². The van der Waals surface area contributed by atoms with Gasteiger partial charge in [0.15, 0.2) is 12.1 Å². The third kappa shape index (κ3) is 5.58. The smallest absolute Gasteiger partial charge is 0.275 e. The third-order valence-corrected chi connectivity index (χ3v) is 5.99. The molecule has 1 aromatic carbocycles. The van der Waals surface area contributed by atoms with E-state index in [0.717, 1.165) is 10.1 Å². The van der Waals surface area contributed by atoms with Crippen LogP contribution in [0.1, 0.15) is 44.0 Å². The van der Waals surface area contributed by atoms with Gasteiger partial charge in [-0.3, -0.25) is 18.9 Å². The fourth-order valence-electron chi connectivity index (χ4n) is 3.16. The largest absolute Gasteiger partial charge is 0.387 e. The summed E-state index contributed by atoms with van der Waals surface area (Å²) in [6.07, 6.45) is -1.03. The highest BCUT2D eigenvalue weighted by molar-refractivity contribution is 7.92. The number of aryl methyl sites for hydroxylation is 1. The number of amides is 1. The van der Waals surface area contributed by atoms with Crippen LogP contribution < -0.4 is 27.5 Å². The molecule has 0 aliphatic heterocycles. The number of guanidine groups is 1. The van der Waals surface area contributed by atoms with Crippen molar-refractivity contribution in [2.24, 2.45) is 22.4 Å². The van der Waals surface area contributed by atoms with Crippen molar-refractivity contribution in [3.8, 4) is 0 Å². The van der Waals surface area contributed by atoms with E-state index < -0.39 is 33.6 Å². The number of oxime groups is 1. The lowest BCUT2D eigenvalue weighted by Crippen LogP contribution is -2.43. The van der Waals surface area contributed by atoms with Crippen molar-refractivity contribution in [2.75, 3.05) is 4.72 Å². The lowest BCUT2D eigenvalue weighted by Gasteiger charge is -2.26. The van der Waals surface area contributed by atoms with Crippen LogP contribution in [0.2, 0.25) is 0 Å². The summed E-state index contributed by atoms with van der Waals surface area (Å²) in [7, 11) is -4.06. The lowest BCUT2D eigenvalue weighted by atomic mass is 10.1. The minimum Gasteiger partial charge on any atom is -0.387 e. The quantitative estimate of drug-likeness (QED) is 0.239. The monoisotopic (exact) mass is 464 g/mol. The SMILES string of the molecule is Cc1cccc(S(=O)(=O)Nc2ccc(C(C)C)n(C(C(N)=O)C(C)ON=C(N)N)c2=O)c1. The minimum atomic E-state index is -4.06. The summed E-state index contributed by atoms with van der Waals surface area (Å²) in [4.78, 5) is 30.8. The number of nitrogens with zero attached hydrogens (tertiary/aromatic N) is 2. The summed E-state index contributed by atoms with van der Waals surface area (Å²) >= 11 is 0. The molecule has 7 N–H and O–H groups in total. The Morgan fingerprint density at radius 2 is 1.78 bits per heavy atom. The molecule has 0 spiro atoms. The highest BCUT2D eigenvalue weighted by Crippen LogP contribution is 2.23. The number of sulfonamides is 1. The van der Waals surface area contributed by atoms with Crippen LogP contribution in [0.25, 0.3) is 0 Å². The zero-order valence-corrected chi connectivity index (χ0v) is 19.1. The molecule has 0 saturated carbocycles. The van der Waals surface area contributed by atoms with Crippen LogP contribution in [0.5, 0.6) is 0 Å². The number of aromatic nitrogens is 1. The number of anilines is 1. The van der Waals surface area contributed by atoms with Gasteiger partial charge < -0.3 is 22.0 Å². The molecule has 2 atom stereocenters. The lowest BCUT2D eigenvalue weighted by molar-refractivity contribution is -0.125. The highest BCUT2D eigenvalue weighted by Gasteiger charge is 2.31. The Bertz CT molecular complexity index is 1190. The molecule has 11 nitrogen and oxygen atoms in total. The molecule has 0 radical (unpaired) electrons. The summed E-state index contributed by atoms with van der Waals surface area (Å²) in [6, 6.07) is 7.81. The molecule has 0 fully saturated rings. The van der Waals surface area contributed by atoms with Crippen LogP contribution >= 0.6 is 0 Å². The molecule has 32 heavy (non-hydrogen) atoms. The van der Waals surface area contributed by atoms with Crippen LogP contribution in [0.4, 0.5) is 5.69 Å². The van der Waals surface area contributed by atoms with E-state index in [1.165, 1.54) is 25.1 Å². The van der Waals surface area contributed by atoms with Crippen LogP contribution in [0.15, 0.2) is 51.2 Å². The summed E-state index contributed by atoms with van der Waals surface area (Å²) in [5.41, 5.74) is 16.3. The van der Waals surface area contributed by atoms with Crippen molar-refractivity contribution >= 4 is 27.6 Å². The average Bonchev–Trinajstić information content (AvgIpc) is 2.68. The maximum absolute atomic E-state index is 13.3. The number of carbonyl (C=O) groups is 1. The van der Waals surface area contributed by atoms with Crippen LogP contribution in [0.3, 0.4) is 0 Å². The standard InChI is InChI=1S/C20H28N6O5S/c1-11(2)16-9-8-15(25-32(29,30)14-7-5-6-12(3)10-14)19(28)26(16)17(18(21)27)13(4)31-24-20(22)23/h5-11,13,17,25H,1-4H3,(H2,21,27)(H4,22,23,24). The van der Waals surface area contributed by atoms with Crippen LogP contribution in [-0.2, 0) is 19.7 Å². The number of nitrogens with two attached hydrogens (primary N) is 3. The van der Waals surface area contributed by atoms with E-state index >= 15 is 0 Å². The maximum Gasteiger partial charge on any atom is 0.275 e. The maximum atomic E-state index is 13.3. The van der Waals surface area contributed by atoms with E-state index in [2.05, 4.69) is 9.88 Å². The van der Waals surface area contributed by atoms with E-state index in [4.69, 9.17) is 22.0 Å². The Morgan fingerprint density at radius 1 is 1.12 bits per heavy atom. The molecule has 1 aromatic heterocycles. The number of hydrogen-bond donors (Lipinski definition) is 4. The molecule has 1 amide bonds. The molecular weight excluding hydrogens is 436 g/mol. The van der Waals surface area contributed by atoms with Gasteiger partial charge in [0, 0.05) is 5.69 Å². The molecule has 0 bridgehead atoms. The first-order valence-electron chi connectivity index (χ1n) is 9.74. The third-order valence-electron chi connectivity index (χ3n) is 4.62. The first-order chi connectivity index (χ1) is 14.8. The Balaban J connectivity index is 2.62. The molecule has 12 heteroatoms. The average molecular weight is 465 g/mol. The fourth-order valence-corrected chi connectivity index (χ4v) is 4.32. The van der Waals surface area contributed by atoms with Crippen molar-refractivity contribution in [3.63, 3.8) is 0 Å². The molecule has 1 heterocycles. The van der Waals surface area contributed by atoms with Gasteiger partial charge in [0.2, 0.25) is 11.9 Å². The second-order valence-electron chi connectivity index (χ2n) is 7.60. The first-order valence-corrected chi connectivity index (χ1v) is 11.2. The summed E-state index contributed by atoms with van der Waals surface area (Å²) in [5.74, 6) is -1.47. The predicted molar refractivity (Wildman–Crippen MR) is 121 cm³/mol. The van der Waals surface area contributed by atoms with Gasteiger partial charge in [-0.1, -0.05) is 26.0 Å².